The zero-order valence-electron chi connectivity index (χ0n) is 10.1. The predicted molar refractivity (Wildman–Crippen MR) is 78.7 cm³/mol. The summed E-state index contributed by atoms with van der Waals surface area (Å²) in [5.41, 5.74) is 1.81. The van der Waals surface area contributed by atoms with Crippen molar-refractivity contribution in [3.8, 4) is 0 Å². The normalized spacial score (nSPS) is 10.4. The summed E-state index contributed by atoms with van der Waals surface area (Å²) < 4.78 is 0.588. The number of pyridine rings is 1. The topological polar surface area (TPSA) is 61.9 Å². The Kier molecular flexibility index (Phi) is 3.95. The van der Waals surface area contributed by atoms with E-state index in [9.17, 15) is 4.79 Å². The number of rotatable bonds is 3. The molecule has 0 aliphatic carbocycles. The van der Waals surface area contributed by atoms with E-state index in [4.69, 9.17) is 0 Å². The van der Waals surface area contributed by atoms with Crippen LogP contribution in [0.25, 0.3) is 0 Å². The first-order valence-electron chi connectivity index (χ1n) is 5.45. The molecule has 2 rings (SSSR count). The lowest BCUT2D eigenvalue weighted by Crippen LogP contribution is -2.23. The second kappa shape index (κ2) is 5.47. The zero-order valence-corrected chi connectivity index (χ0v) is 12.3. The van der Waals surface area contributed by atoms with Crippen LogP contribution in [0.3, 0.4) is 0 Å². The van der Waals surface area contributed by atoms with Gasteiger partial charge in [0.2, 0.25) is 0 Å². The summed E-state index contributed by atoms with van der Waals surface area (Å²) in [5, 5.41) is 0. The number of aryl methyl sites for hydroxylation is 1. The molecule has 0 aliphatic heterocycles. The number of anilines is 1. The number of aromatic amines is 1. The fraction of sp³-hybridized carbons (Fsp3) is 0.250. The number of nitrogens with one attached hydrogen (secondary N) is 1. The summed E-state index contributed by atoms with van der Waals surface area (Å²) in [7, 11) is 1.90. The third-order valence-electron chi connectivity index (χ3n) is 2.48. The minimum Gasteiger partial charge on any atom is -0.353 e. The molecule has 0 spiro atoms. The maximum Gasteiger partial charge on any atom is 0.266 e. The Bertz CT molecular complexity index is 611. The van der Waals surface area contributed by atoms with Crippen molar-refractivity contribution in [2.45, 2.75) is 13.5 Å². The van der Waals surface area contributed by atoms with Crippen molar-refractivity contribution in [2.24, 2.45) is 0 Å². The van der Waals surface area contributed by atoms with Gasteiger partial charge < -0.3 is 9.88 Å². The first-order valence-corrected chi connectivity index (χ1v) is 6.52. The van der Waals surface area contributed by atoms with Gasteiger partial charge in [-0.05, 0) is 41.6 Å². The smallest absolute Gasteiger partial charge is 0.266 e. The van der Waals surface area contributed by atoms with E-state index < -0.39 is 0 Å². The first kappa shape index (κ1) is 13.0. The van der Waals surface area contributed by atoms with Crippen LogP contribution in [0.4, 0.5) is 5.82 Å². The van der Waals surface area contributed by atoms with E-state index in [0.717, 1.165) is 11.4 Å². The van der Waals surface area contributed by atoms with Gasteiger partial charge in [-0.2, -0.15) is 0 Å². The van der Waals surface area contributed by atoms with Crippen molar-refractivity contribution in [2.75, 3.05) is 11.9 Å². The Hall–Kier alpha value is -1.44. The molecule has 2 heterocycles. The molecule has 0 bridgehead atoms. The van der Waals surface area contributed by atoms with Crippen molar-refractivity contribution in [3.63, 3.8) is 0 Å². The van der Waals surface area contributed by atoms with Crippen LogP contribution in [0.1, 0.15) is 11.4 Å². The molecule has 0 aliphatic rings. The fourth-order valence-electron chi connectivity index (χ4n) is 1.65. The van der Waals surface area contributed by atoms with Crippen LogP contribution in [0.2, 0.25) is 0 Å². The standard InChI is InChI=1S/C12H13IN4O/c1-8-4-3-5-9(16-8)6-17(2)11-10(13)12(18)15-7-14-11/h3-5,7H,6H2,1-2H3,(H,14,15,18). The molecule has 0 aromatic carbocycles. The van der Waals surface area contributed by atoms with Crippen LogP contribution in [0.15, 0.2) is 29.3 Å². The molecule has 0 saturated heterocycles. The average molecular weight is 356 g/mol. The summed E-state index contributed by atoms with van der Waals surface area (Å²) in [6.45, 7) is 2.58. The molecule has 2 aromatic rings. The second-order valence-electron chi connectivity index (χ2n) is 4.00. The average Bonchev–Trinajstić information content (AvgIpc) is 2.32. The lowest BCUT2D eigenvalue weighted by atomic mass is 10.3. The van der Waals surface area contributed by atoms with Gasteiger partial charge in [-0.15, -0.1) is 0 Å². The molecule has 0 unspecified atom stereocenters. The molecule has 94 valence electrons. The molecule has 2 aromatic heterocycles. The van der Waals surface area contributed by atoms with Crippen LogP contribution in [-0.2, 0) is 6.54 Å². The zero-order chi connectivity index (χ0) is 13.1. The molecule has 5 nitrogen and oxygen atoms in total. The van der Waals surface area contributed by atoms with Gasteiger partial charge in [-0.3, -0.25) is 9.78 Å². The number of nitrogens with zero attached hydrogens (tertiary/aromatic N) is 3. The summed E-state index contributed by atoms with van der Waals surface area (Å²) in [4.78, 5) is 24.6. The van der Waals surface area contributed by atoms with Gasteiger partial charge in [0.1, 0.15) is 9.39 Å². The van der Waals surface area contributed by atoms with Gasteiger partial charge in [-0.25, -0.2) is 4.98 Å². The Labute approximate surface area is 118 Å². The van der Waals surface area contributed by atoms with E-state index in [2.05, 4.69) is 15.0 Å². The molecule has 18 heavy (non-hydrogen) atoms. The molecule has 0 atom stereocenters. The summed E-state index contributed by atoms with van der Waals surface area (Å²) in [6.07, 6.45) is 1.42. The maximum absolute atomic E-state index is 11.5. The van der Waals surface area contributed by atoms with Gasteiger partial charge in [0.05, 0.1) is 18.6 Å². The molecule has 6 heteroatoms. The first-order chi connectivity index (χ1) is 8.58. The minimum absolute atomic E-state index is 0.121. The minimum atomic E-state index is -0.121. The quantitative estimate of drug-likeness (QED) is 0.851. The summed E-state index contributed by atoms with van der Waals surface area (Å²) >= 11 is 2.00. The highest BCUT2D eigenvalue weighted by atomic mass is 127. The number of H-pyrrole nitrogens is 1. The van der Waals surface area contributed by atoms with Crippen LogP contribution < -0.4 is 10.5 Å². The Balaban J connectivity index is 2.25. The Morgan fingerprint density at radius 2 is 2.22 bits per heavy atom. The van der Waals surface area contributed by atoms with Crippen LogP contribution in [0, 0.1) is 10.5 Å². The lowest BCUT2D eigenvalue weighted by molar-refractivity contribution is 0.847. The lowest BCUT2D eigenvalue weighted by Gasteiger charge is -2.18. The van der Waals surface area contributed by atoms with Crippen LogP contribution in [-0.4, -0.2) is 22.0 Å². The van der Waals surface area contributed by atoms with Crippen molar-refractivity contribution in [1.82, 2.24) is 15.0 Å². The third kappa shape index (κ3) is 2.87. The second-order valence-corrected chi connectivity index (χ2v) is 5.07. The van der Waals surface area contributed by atoms with E-state index in [-0.39, 0.29) is 5.56 Å². The highest BCUT2D eigenvalue weighted by Gasteiger charge is 2.11. The van der Waals surface area contributed by atoms with E-state index in [1.54, 1.807) is 0 Å². The van der Waals surface area contributed by atoms with Crippen molar-refractivity contribution in [1.29, 1.82) is 0 Å². The summed E-state index contributed by atoms with van der Waals surface area (Å²) in [5.74, 6) is 0.669. The highest BCUT2D eigenvalue weighted by Crippen LogP contribution is 2.15. The van der Waals surface area contributed by atoms with Gasteiger partial charge in [-0.1, -0.05) is 6.07 Å². The van der Waals surface area contributed by atoms with Crippen molar-refractivity contribution < 1.29 is 0 Å². The van der Waals surface area contributed by atoms with E-state index in [1.165, 1.54) is 6.33 Å². The monoisotopic (exact) mass is 356 g/mol. The van der Waals surface area contributed by atoms with Crippen LogP contribution >= 0.6 is 22.6 Å². The van der Waals surface area contributed by atoms with Crippen molar-refractivity contribution >= 4 is 28.4 Å². The number of hydrogen-bond acceptors (Lipinski definition) is 4. The molecular weight excluding hydrogens is 343 g/mol. The number of aromatic nitrogens is 3. The third-order valence-corrected chi connectivity index (χ3v) is 3.46. The molecule has 0 radical (unpaired) electrons. The Morgan fingerprint density at radius 1 is 1.44 bits per heavy atom. The van der Waals surface area contributed by atoms with Gasteiger partial charge in [0.25, 0.3) is 5.56 Å². The Morgan fingerprint density at radius 3 is 2.94 bits per heavy atom. The molecule has 1 N–H and O–H groups in total. The summed E-state index contributed by atoms with van der Waals surface area (Å²) in [6, 6.07) is 5.89. The van der Waals surface area contributed by atoms with E-state index in [0.29, 0.717) is 15.9 Å². The fourth-order valence-corrected chi connectivity index (χ4v) is 2.35. The SMILES string of the molecule is Cc1cccc(CN(C)c2nc[nH]c(=O)c2I)n1. The maximum atomic E-state index is 11.5. The number of halogens is 1. The van der Waals surface area contributed by atoms with Gasteiger partial charge >= 0.3 is 0 Å². The van der Waals surface area contributed by atoms with Gasteiger partial charge in [0.15, 0.2) is 0 Å². The molecule has 0 fully saturated rings. The van der Waals surface area contributed by atoms with E-state index >= 15 is 0 Å². The predicted octanol–water partition coefficient (Wildman–Crippen LogP) is 1.71. The molecule has 0 amide bonds. The largest absolute Gasteiger partial charge is 0.353 e. The van der Waals surface area contributed by atoms with Gasteiger partial charge in [0, 0.05) is 12.7 Å². The molecule has 0 saturated carbocycles. The van der Waals surface area contributed by atoms with Crippen molar-refractivity contribution in [3.05, 3.63) is 49.8 Å². The van der Waals surface area contributed by atoms with E-state index in [1.807, 2.05) is 59.7 Å². The number of hydrogen-bond donors (Lipinski definition) is 1. The highest BCUT2D eigenvalue weighted by molar-refractivity contribution is 14.1. The molecular formula is C12H13IN4O. The van der Waals surface area contributed by atoms with Crippen LogP contribution in [0.5, 0.6) is 0 Å².